The summed E-state index contributed by atoms with van der Waals surface area (Å²) >= 11 is 0. The third kappa shape index (κ3) is 3.66. The number of nitrogens with one attached hydrogen (secondary N) is 2. The van der Waals surface area contributed by atoms with E-state index in [9.17, 15) is 9.59 Å². The van der Waals surface area contributed by atoms with E-state index in [1.54, 1.807) is 4.68 Å². The van der Waals surface area contributed by atoms with Gasteiger partial charge in [0.2, 0.25) is 5.91 Å². The molecule has 4 fully saturated rings. The van der Waals surface area contributed by atoms with Crippen LogP contribution in [0.2, 0.25) is 0 Å². The highest BCUT2D eigenvalue weighted by molar-refractivity contribution is 5.90. The summed E-state index contributed by atoms with van der Waals surface area (Å²) in [5.41, 5.74) is 10.3. The topological polar surface area (TPSA) is 89.2 Å². The van der Waals surface area contributed by atoms with Crippen LogP contribution >= 0.6 is 0 Å². The number of nitrogens with zero attached hydrogens (tertiary/aromatic N) is 1. The molecule has 0 radical (unpaired) electrons. The molecule has 4 aliphatic rings. The van der Waals surface area contributed by atoms with E-state index in [-0.39, 0.29) is 11.8 Å². The smallest absolute Gasteiger partial charge is 0.252 e. The van der Waals surface area contributed by atoms with Crippen molar-refractivity contribution >= 4 is 22.7 Å². The van der Waals surface area contributed by atoms with Crippen molar-refractivity contribution in [1.82, 2.24) is 9.99 Å². The van der Waals surface area contributed by atoms with E-state index >= 15 is 0 Å². The van der Waals surface area contributed by atoms with Crippen molar-refractivity contribution in [3.63, 3.8) is 0 Å². The number of aryl methyl sites for hydroxylation is 1. The molecule has 1 heterocycles. The number of benzene rings is 1. The van der Waals surface area contributed by atoms with Crippen LogP contribution in [0.25, 0.3) is 10.9 Å². The average molecular weight is 395 g/mol. The van der Waals surface area contributed by atoms with E-state index in [1.165, 1.54) is 32.1 Å². The number of hydrogen-bond acceptors (Lipinski definition) is 3. The van der Waals surface area contributed by atoms with Gasteiger partial charge in [-0.15, -0.1) is 0 Å². The largest absolute Gasteiger partial charge is 0.370 e. The lowest BCUT2D eigenvalue weighted by Crippen LogP contribution is -2.55. The summed E-state index contributed by atoms with van der Waals surface area (Å²) in [6, 6.07) is 8.42. The van der Waals surface area contributed by atoms with Gasteiger partial charge in [0.05, 0.1) is 12.1 Å². The Labute approximate surface area is 171 Å². The predicted molar refractivity (Wildman–Crippen MR) is 113 cm³/mol. The lowest BCUT2D eigenvalue weighted by molar-refractivity contribution is -0.118. The normalized spacial score (nSPS) is 30.0. The van der Waals surface area contributed by atoms with Gasteiger partial charge in [-0.1, -0.05) is 18.2 Å². The molecular formula is C23H30N4O2. The van der Waals surface area contributed by atoms with Gasteiger partial charge in [-0.3, -0.25) is 19.7 Å². The van der Waals surface area contributed by atoms with Crippen LogP contribution in [0.4, 0.5) is 0 Å². The highest BCUT2D eigenvalue weighted by Crippen LogP contribution is 2.53. The number of amides is 2. The van der Waals surface area contributed by atoms with Gasteiger partial charge in [-0.2, -0.15) is 0 Å². The second-order valence-electron chi connectivity index (χ2n) is 9.38. The van der Waals surface area contributed by atoms with Gasteiger partial charge < -0.3 is 11.1 Å². The van der Waals surface area contributed by atoms with E-state index in [1.807, 2.05) is 30.5 Å². The Balaban J connectivity index is 1.24. The molecule has 2 aromatic rings. The number of para-hydroxylation sites is 1. The minimum atomic E-state index is -0.314. The third-order valence-corrected chi connectivity index (χ3v) is 7.41. The van der Waals surface area contributed by atoms with Crippen molar-refractivity contribution in [1.29, 1.82) is 0 Å². The summed E-state index contributed by atoms with van der Waals surface area (Å²) in [5.74, 6) is 3.05. The maximum Gasteiger partial charge on any atom is 0.252 e. The Bertz CT molecular complexity index is 906. The summed E-state index contributed by atoms with van der Waals surface area (Å²) in [4.78, 5) is 23.9. The molecule has 0 atom stereocenters. The first kappa shape index (κ1) is 18.7. The maximum absolute atomic E-state index is 12.7. The molecular weight excluding hydrogens is 364 g/mol. The zero-order valence-corrected chi connectivity index (χ0v) is 16.8. The van der Waals surface area contributed by atoms with Gasteiger partial charge in [0.1, 0.15) is 0 Å². The minimum absolute atomic E-state index is 0.0268. The lowest BCUT2D eigenvalue weighted by atomic mass is 9.54. The van der Waals surface area contributed by atoms with Crippen LogP contribution in [0.15, 0.2) is 30.5 Å². The molecule has 0 unspecified atom stereocenters. The number of fused-ring (bicyclic) bond motifs is 1. The minimum Gasteiger partial charge on any atom is -0.370 e. The lowest BCUT2D eigenvalue weighted by Gasteiger charge is -2.54. The number of rotatable bonds is 7. The van der Waals surface area contributed by atoms with Crippen LogP contribution < -0.4 is 16.5 Å². The molecule has 4 saturated carbocycles. The Morgan fingerprint density at radius 2 is 1.72 bits per heavy atom. The molecule has 4 aliphatic carbocycles. The quantitative estimate of drug-likeness (QED) is 0.674. The van der Waals surface area contributed by atoms with Crippen LogP contribution in [0.1, 0.15) is 44.1 Å². The summed E-state index contributed by atoms with van der Waals surface area (Å²) in [5, 5.41) is 4.64. The van der Waals surface area contributed by atoms with Crippen molar-refractivity contribution in [2.75, 3.05) is 12.0 Å². The molecule has 4 N–H and O–H groups in total. The Hall–Kier alpha value is -2.34. The van der Waals surface area contributed by atoms with Crippen LogP contribution in [-0.2, 0) is 16.0 Å². The Morgan fingerprint density at radius 3 is 2.41 bits per heavy atom. The summed E-state index contributed by atoms with van der Waals surface area (Å²) in [6.07, 6.45) is 9.61. The van der Waals surface area contributed by atoms with Crippen LogP contribution in [0.3, 0.4) is 0 Å². The van der Waals surface area contributed by atoms with Crippen molar-refractivity contribution in [3.05, 3.63) is 36.0 Å². The SMILES string of the molecule is NC(=O)CCc1cn(NC(=O)CNC2C3CC4CC(C3)CC2C4)c2ccccc12. The predicted octanol–water partition coefficient (Wildman–Crippen LogP) is 2.54. The highest BCUT2D eigenvalue weighted by atomic mass is 16.2. The van der Waals surface area contributed by atoms with E-state index in [0.29, 0.717) is 25.4 Å². The molecule has 29 heavy (non-hydrogen) atoms. The van der Waals surface area contributed by atoms with Crippen molar-refractivity contribution in [3.8, 4) is 0 Å². The highest BCUT2D eigenvalue weighted by Gasteiger charge is 2.47. The molecule has 4 bridgehead atoms. The molecule has 0 aliphatic heterocycles. The number of nitrogens with two attached hydrogens (primary N) is 1. The first-order valence-electron chi connectivity index (χ1n) is 11.0. The van der Waals surface area contributed by atoms with Gasteiger partial charge in [0.25, 0.3) is 5.91 Å². The molecule has 0 saturated heterocycles. The molecule has 0 spiro atoms. The average Bonchev–Trinajstić information content (AvgIpc) is 3.03. The van der Waals surface area contributed by atoms with E-state index < -0.39 is 0 Å². The van der Waals surface area contributed by atoms with Gasteiger partial charge >= 0.3 is 0 Å². The first-order valence-corrected chi connectivity index (χ1v) is 11.0. The summed E-state index contributed by atoms with van der Waals surface area (Å²) in [6.45, 7) is 0.343. The second kappa shape index (κ2) is 7.48. The number of aromatic nitrogens is 1. The second-order valence-corrected chi connectivity index (χ2v) is 9.38. The first-order chi connectivity index (χ1) is 14.1. The monoisotopic (exact) mass is 394 g/mol. The van der Waals surface area contributed by atoms with E-state index in [4.69, 9.17) is 5.73 Å². The molecule has 6 rings (SSSR count). The van der Waals surface area contributed by atoms with Crippen LogP contribution in [0.5, 0.6) is 0 Å². The molecule has 154 valence electrons. The number of carbonyl (C=O) groups is 2. The zero-order valence-electron chi connectivity index (χ0n) is 16.8. The van der Waals surface area contributed by atoms with Gasteiger partial charge in [-0.25, -0.2) is 0 Å². The molecule has 1 aromatic heterocycles. The fourth-order valence-electron chi connectivity index (χ4n) is 6.44. The number of primary amides is 1. The van der Waals surface area contributed by atoms with Gasteiger partial charge in [0, 0.05) is 24.0 Å². The fraction of sp³-hybridized carbons (Fsp3) is 0.565. The molecule has 1 aromatic carbocycles. The van der Waals surface area contributed by atoms with Gasteiger partial charge in [0.15, 0.2) is 0 Å². The number of hydrogen-bond donors (Lipinski definition) is 3. The fourth-order valence-corrected chi connectivity index (χ4v) is 6.44. The standard InChI is InChI=1S/C23H30N4O2/c24-21(28)6-5-16-13-27(20-4-2-1-3-19(16)20)26-22(29)12-25-23-17-8-14-7-15(10-17)11-18(23)9-14/h1-4,13-15,17-18,23,25H,5-12H2,(H2,24,28)(H,26,29). The Kier molecular flexibility index (Phi) is 4.82. The summed E-state index contributed by atoms with van der Waals surface area (Å²) in [7, 11) is 0. The number of carbonyl (C=O) groups excluding carboxylic acids is 2. The van der Waals surface area contributed by atoms with E-state index in [0.717, 1.165) is 40.1 Å². The third-order valence-electron chi connectivity index (χ3n) is 7.41. The molecule has 6 nitrogen and oxygen atoms in total. The van der Waals surface area contributed by atoms with E-state index in [2.05, 4.69) is 10.7 Å². The van der Waals surface area contributed by atoms with Crippen molar-refractivity contribution < 1.29 is 9.59 Å². The van der Waals surface area contributed by atoms with Crippen molar-refractivity contribution in [2.45, 2.75) is 51.0 Å². The molecule has 6 heteroatoms. The van der Waals surface area contributed by atoms with Crippen LogP contribution in [-0.4, -0.2) is 29.1 Å². The summed E-state index contributed by atoms with van der Waals surface area (Å²) < 4.78 is 1.78. The zero-order chi connectivity index (χ0) is 20.0. The maximum atomic E-state index is 12.7. The molecule has 2 amide bonds. The Morgan fingerprint density at radius 1 is 1.03 bits per heavy atom. The van der Waals surface area contributed by atoms with Gasteiger partial charge in [-0.05, 0) is 73.8 Å². The van der Waals surface area contributed by atoms with Crippen molar-refractivity contribution in [2.24, 2.45) is 29.4 Å². The van der Waals surface area contributed by atoms with Crippen LogP contribution in [0, 0.1) is 23.7 Å².